The summed E-state index contributed by atoms with van der Waals surface area (Å²) in [6, 6.07) is 0. The summed E-state index contributed by atoms with van der Waals surface area (Å²) in [5, 5.41) is 0. The predicted molar refractivity (Wildman–Crippen MR) is 83.6 cm³/mol. The Kier molecular flexibility index (Phi) is 9.51. The number of carbonyl (C=O) groups is 2. The fourth-order valence-electron chi connectivity index (χ4n) is 1.47. The van der Waals surface area contributed by atoms with E-state index < -0.39 is 0 Å². The highest BCUT2D eigenvalue weighted by atomic mass is 127. The SMILES string of the molecule is C[C@@H]1CN(C(=O)CI)C[C@@H](C)O1.NC(=O)CI. The summed E-state index contributed by atoms with van der Waals surface area (Å²) in [5.74, 6) is -0.0387. The molecule has 0 bridgehead atoms. The monoisotopic (exact) mass is 468 g/mol. The summed E-state index contributed by atoms with van der Waals surface area (Å²) in [6.07, 6.45) is 0.362. The molecule has 1 aliphatic heterocycles. The topological polar surface area (TPSA) is 72.6 Å². The van der Waals surface area contributed by atoms with E-state index in [1.165, 1.54) is 0 Å². The molecule has 1 heterocycles. The van der Waals surface area contributed by atoms with Crippen LogP contribution in [-0.4, -0.2) is 50.9 Å². The van der Waals surface area contributed by atoms with Gasteiger partial charge in [-0.05, 0) is 13.8 Å². The van der Waals surface area contributed by atoms with Gasteiger partial charge in [0.05, 0.1) is 21.1 Å². The number of halogens is 2. The molecule has 0 aromatic rings. The number of primary amides is 1. The van der Waals surface area contributed by atoms with Crippen molar-refractivity contribution in [3.05, 3.63) is 0 Å². The minimum absolute atomic E-state index is 0.181. The van der Waals surface area contributed by atoms with Crippen LogP contribution < -0.4 is 5.73 Å². The largest absolute Gasteiger partial charge is 0.372 e. The van der Waals surface area contributed by atoms with Crippen LogP contribution in [-0.2, 0) is 14.3 Å². The van der Waals surface area contributed by atoms with Crippen LogP contribution in [0, 0.1) is 0 Å². The zero-order valence-electron chi connectivity index (χ0n) is 9.99. The number of nitrogens with two attached hydrogens (primary N) is 1. The Hall–Kier alpha value is 0.360. The van der Waals surface area contributed by atoms with Gasteiger partial charge < -0.3 is 15.4 Å². The lowest BCUT2D eigenvalue weighted by Crippen LogP contribution is -2.48. The zero-order valence-corrected chi connectivity index (χ0v) is 14.3. The van der Waals surface area contributed by atoms with E-state index in [1.807, 2.05) is 41.3 Å². The number of rotatable bonds is 2. The van der Waals surface area contributed by atoms with Gasteiger partial charge in [0.25, 0.3) is 0 Å². The van der Waals surface area contributed by atoms with E-state index >= 15 is 0 Å². The van der Waals surface area contributed by atoms with Gasteiger partial charge in [0.1, 0.15) is 0 Å². The van der Waals surface area contributed by atoms with Gasteiger partial charge in [-0.2, -0.15) is 0 Å². The molecule has 2 N–H and O–H groups in total. The molecule has 5 nitrogen and oxygen atoms in total. The van der Waals surface area contributed by atoms with Crippen LogP contribution in [0.4, 0.5) is 0 Å². The van der Waals surface area contributed by atoms with Gasteiger partial charge in [0, 0.05) is 13.1 Å². The first-order valence-electron chi connectivity index (χ1n) is 5.24. The van der Waals surface area contributed by atoms with Gasteiger partial charge in [-0.15, -0.1) is 0 Å². The number of hydrogen-bond acceptors (Lipinski definition) is 3. The quantitative estimate of drug-likeness (QED) is 0.485. The molecule has 100 valence electrons. The van der Waals surface area contributed by atoms with Crippen LogP contribution in [0.2, 0.25) is 0 Å². The lowest BCUT2D eigenvalue weighted by molar-refractivity contribution is -0.140. The number of ether oxygens (including phenoxy) is 1. The van der Waals surface area contributed by atoms with E-state index in [4.69, 9.17) is 4.74 Å². The van der Waals surface area contributed by atoms with Gasteiger partial charge in [-0.3, -0.25) is 9.59 Å². The van der Waals surface area contributed by atoms with Crippen molar-refractivity contribution in [3.63, 3.8) is 0 Å². The van der Waals surface area contributed by atoms with Crippen molar-refractivity contribution in [2.24, 2.45) is 5.73 Å². The minimum Gasteiger partial charge on any atom is -0.372 e. The van der Waals surface area contributed by atoms with Gasteiger partial charge in [0.2, 0.25) is 11.8 Å². The third kappa shape index (κ3) is 8.14. The molecular formula is C10H18I2N2O3. The van der Waals surface area contributed by atoms with Gasteiger partial charge in [-0.25, -0.2) is 0 Å². The summed E-state index contributed by atoms with van der Waals surface area (Å²) in [5.41, 5.74) is 4.65. The number of hydrogen-bond donors (Lipinski definition) is 1. The number of nitrogens with zero attached hydrogens (tertiary/aromatic N) is 1. The van der Waals surface area contributed by atoms with Gasteiger partial charge in [0.15, 0.2) is 0 Å². The van der Waals surface area contributed by atoms with E-state index in [2.05, 4.69) is 28.3 Å². The molecule has 2 atom stereocenters. The van der Waals surface area contributed by atoms with Crippen LogP contribution >= 0.6 is 45.2 Å². The number of carbonyl (C=O) groups excluding carboxylic acids is 2. The molecule has 17 heavy (non-hydrogen) atoms. The summed E-state index contributed by atoms with van der Waals surface area (Å²) < 4.78 is 6.50. The summed E-state index contributed by atoms with van der Waals surface area (Å²) >= 11 is 4.00. The van der Waals surface area contributed by atoms with E-state index in [-0.39, 0.29) is 24.0 Å². The maximum absolute atomic E-state index is 11.3. The first kappa shape index (κ1) is 17.4. The molecular weight excluding hydrogens is 450 g/mol. The van der Waals surface area contributed by atoms with E-state index in [9.17, 15) is 9.59 Å². The molecule has 7 heteroatoms. The fraction of sp³-hybridized carbons (Fsp3) is 0.800. The predicted octanol–water partition coefficient (Wildman–Crippen LogP) is 0.964. The lowest BCUT2D eigenvalue weighted by atomic mass is 10.2. The molecule has 1 aliphatic rings. The summed E-state index contributed by atoms with van der Waals surface area (Å²) in [7, 11) is 0. The van der Waals surface area contributed by atoms with Crippen LogP contribution in [0.1, 0.15) is 13.8 Å². The Morgan fingerprint density at radius 2 is 1.65 bits per heavy atom. The van der Waals surface area contributed by atoms with E-state index in [1.54, 1.807) is 0 Å². The van der Waals surface area contributed by atoms with Crippen molar-refractivity contribution in [1.29, 1.82) is 0 Å². The average Bonchev–Trinajstić information content (AvgIpc) is 2.27. The molecule has 0 spiro atoms. The standard InChI is InChI=1S/C8H14INO2.C2H4INO/c1-6-4-10(8(11)3-9)5-7(2)12-6;3-1-2(4)5/h6-7H,3-5H2,1-2H3;1H2,(H2,4,5)/t6-,7-;/m1./s1. The van der Waals surface area contributed by atoms with Crippen LogP contribution in [0.3, 0.4) is 0 Å². The molecule has 0 unspecified atom stereocenters. The molecule has 2 amide bonds. The highest BCUT2D eigenvalue weighted by Gasteiger charge is 2.24. The maximum atomic E-state index is 11.3. The highest BCUT2D eigenvalue weighted by molar-refractivity contribution is 14.1. The van der Waals surface area contributed by atoms with Crippen LogP contribution in [0.5, 0.6) is 0 Å². The molecule has 0 aromatic carbocycles. The Balaban J connectivity index is 0.000000437. The lowest BCUT2D eigenvalue weighted by Gasteiger charge is -2.35. The Bertz CT molecular complexity index is 254. The molecule has 0 aliphatic carbocycles. The highest BCUT2D eigenvalue weighted by Crippen LogP contribution is 2.11. The molecule has 1 fully saturated rings. The number of amides is 2. The van der Waals surface area contributed by atoms with Crippen molar-refractivity contribution in [2.45, 2.75) is 26.1 Å². The molecule has 1 saturated heterocycles. The molecule has 0 saturated carbocycles. The first-order chi connectivity index (χ1) is 7.90. The minimum atomic E-state index is -0.259. The smallest absolute Gasteiger partial charge is 0.232 e. The fourth-order valence-corrected chi connectivity index (χ4v) is 1.95. The maximum Gasteiger partial charge on any atom is 0.232 e. The van der Waals surface area contributed by atoms with Crippen LogP contribution in [0.25, 0.3) is 0 Å². The van der Waals surface area contributed by atoms with Crippen molar-refractivity contribution in [3.8, 4) is 0 Å². The van der Waals surface area contributed by atoms with Crippen molar-refractivity contribution < 1.29 is 14.3 Å². The second kappa shape index (κ2) is 9.31. The second-order valence-corrected chi connectivity index (χ2v) is 5.32. The molecule has 0 radical (unpaired) electrons. The Labute approximate surface area is 129 Å². The molecule has 0 aromatic heterocycles. The Morgan fingerprint density at radius 3 is 1.94 bits per heavy atom. The number of morpholine rings is 1. The zero-order chi connectivity index (χ0) is 13.4. The van der Waals surface area contributed by atoms with Gasteiger partial charge in [-0.1, -0.05) is 45.2 Å². The van der Waals surface area contributed by atoms with Gasteiger partial charge >= 0.3 is 0 Å². The first-order valence-corrected chi connectivity index (χ1v) is 8.29. The summed E-state index contributed by atoms with van der Waals surface area (Å²) in [4.78, 5) is 22.8. The molecule has 1 rings (SSSR count). The number of alkyl halides is 2. The van der Waals surface area contributed by atoms with Crippen LogP contribution in [0.15, 0.2) is 0 Å². The van der Waals surface area contributed by atoms with E-state index in [0.29, 0.717) is 8.86 Å². The normalized spacial score (nSPS) is 23.6. The van der Waals surface area contributed by atoms with E-state index in [0.717, 1.165) is 13.1 Å². The second-order valence-electron chi connectivity index (χ2n) is 3.79. The van der Waals surface area contributed by atoms with Crippen molar-refractivity contribution in [1.82, 2.24) is 4.90 Å². The Morgan fingerprint density at radius 1 is 1.24 bits per heavy atom. The average molecular weight is 468 g/mol. The van der Waals surface area contributed by atoms with Crippen molar-refractivity contribution >= 4 is 57.0 Å². The third-order valence-corrected chi connectivity index (χ3v) is 3.42. The third-order valence-electron chi connectivity index (χ3n) is 2.02. The van der Waals surface area contributed by atoms with Crippen molar-refractivity contribution in [2.75, 3.05) is 21.9 Å². The summed E-state index contributed by atoms with van der Waals surface area (Å²) in [6.45, 7) is 5.49.